The van der Waals surface area contributed by atoms with Gasteiger partial charge in [0, 0.05) is 11.6 Å². The van der Waals surface area contributed by atoms with Crippen molar-refractivity contribution in [3.05, 3.63) is 29.3 Å². The number of halogens is 2. The van der Waals surface area contributed by atoms with E-state index in [0.29, 0.717) is 6.07 Å². The molecule has 0 aliphatic rings. The summed E-state index contributed by atoms with van der Waals surface area (Å²) in [6.45, 7) is 0.165. The van der Waals surface area contributed by atoms with Crippen LogP contribution in [0.5, 0.6) is 5.75 Å². The van der Waals surface area contributed by atoms with Gasteiger partial charge in [0.15, 0.2) is 11.6 Å². The Morgan fingerprint density at radius 1 is 1.36 bits per heavy atom. The van der Waals surface area contributed by atoms with E-state index < -0.39 is 23.5 Å². The third kappa shape index (κ3) is 2.18. The van der Waals surface area contributed by atoms with Gasteiger partial charge >= 0.3 is 0 Å². The second-order valence-electron chi connectivity index (χ2n) is 2.92. The van der Waals surface area contributed by atoms with E-state index in [1.165, 1.54) is 0 Å². The molecule has 0 saturated carbocycles. The number of nitrogens with two attached hydrogens (primary N) is 1. The Kier molecular flexibility index (Phi) is 3.38. The molecule has 1 aromatic carbocycles. The Labute approximate surface area is 79.8 Å². The number of aliphatic hydroxyl groups excluding tert-OH is 1. The molecule has 0 unspecified atom stereocenters. The molecule has 3 nitrogen and oxygen atoms in total. The number of phenols is 1. The van der Waals surface area contributed by atoms with Gasteiger partial charge in [-0.1, -0.05) is 0 Å². The van der Waals surface area contributed by atoms with Crippen LogP contribution in [0.25, 0.3) is 0 Å². The van der Waals surface area contributed by atoms with Crippen molar-refractivity contribution in [2.45, 2.75) is 12.5 Å². The average molecular weight is 203 g/mol. The van der Waals surface area contributed by atoms with Gasteiger partial charge in [-0.25, -0.2) is 8.78 Å². The number of rotatable bonds is 3. The van der Waals surface area contributed by atoms with Crippen molar-refractivity contribution in [1.82, 2.24) is 0 Å². The summed E-state index contributed by atoms with van der Waals surface area (Å²) in [6, 6.07) is 1.44. The number of benzene rings is 1. The lowest BCUT2D eigenvalue weighted by atomic mass is 10.1. The first-order valence-corrected chi connectivity index (χ1v) is 4.12. The lowest BCUT2D eigenvalue weighted by Gasteiger charge is -2.11. The highest BCUT2D eigenvalue weighted by Crippen LogP contribution is 2.29. The van der Waals surface area contributed by atoms with Gasteiger partial charge in [-0.2, -0.15) is 0 Å². The second-order valence-corrected chi connectivity index (χ2v) is 2.92. The zero-order chi connectivity index (χ0) is 10.7. The van der Waals surface area contributed by atoms with Gasteiger partial charge in [0.25, 0.3) is 0 Å². The van der Waals surface area contributed by atoms with Crippen molar-refractivity contribution in [3.8, 4) is 5.75 Å². The molecule has 0 saturated heterocycles. The zero-order valence-electron chi connectivity index (χ0n) is 7.37. The summed E-state index contributed by atoms with van der Waals surface area (Å²) in [6.07, 6.45) is -1.01. The van der Waals surface area contributed by atoms with Crippen molar-refractivity contribution in [1.29, 1.82) is 0 Å². The van der Waals surface area contributed by atoms with Crippen molar-refractivity contribution >= 4 is 0 Å². The fraction of sp³-hybridized carbons (Fsp3) is 0.333. The van der Waals surface area contributed by atoms with Crippen molar-refractivity contribution in [2.24, 2.45) is 5.73 Å². The van der Waals surface area contributed by atoms with Crippen molar-refractivity contribution in [2.75, 3.05) is 6.54 Å². The molecule has 0 amide bonds. The molecule has 1 aromatic rings. The van der Waals surface area contributed by atoms with Crippen LogP contribution in [0.2, 0.25) is 0 Å². The summed E-state index contributed by atoms with van der Waals surface area (Å²) < 4.78 is 25.5. The van der Waals surface area contributed by atoms with E-state index in [2.05, 4.69) is 0 Å². The van der Waals surface area contributed by atoms with Crippen molar-refractivity contribution in [3.63, 3.8) is 0 Å². The molecule has 0 aromatic heterocycles. The lowest BCUT2D eigenvalue weighted by molar-refractivity contribution is 0.165. The summed E-state index contributed by atoms with van der Waals surface area (Å²) in [5.41, 5.74) is 4.99. The van der Waals surface area contributed by atoms with Crippen LogP contribution in [-0.2, 0) is 0 Å². The molecule has 0 fully saturated rings. The maximum Gasteiger partial charge on any atom is 0.168 e. The molecule has 0 aliphatic heterocycles. The minimum Gasteiger partial charge on any atom is -0.505 e. The Morgan fingerprint density at radius 2 is 2.00 bits per heavy atom. The number of hydrogen-bond donors (Lipinski definition) is 3. The van der Waals surface area contributed by atoms with Gasteiger partial charge in [0.1, 0.15) is 5.82 Å². The van der Waals surface area contributed by atoms with E-state index in [0.717, 1.165) is 6.07 Å². The minimum atomic E-state index is -1.15. The zero-order valence-corrected chi connectivity index (χ0v) is 7.37. The molecule has 0 spiro atoms. The van der Waals surface area contributed by atoms with Gasteiger partial charge in [0.05, 0.1) is 6.10 Å². The summed E-state index contributed by atoms with van der Waals surface area (Å²) in [5, 5.41) is 18.6. The predicted molar refractivity (Wildman–Crippen MR) is 46.7 cm³/mol. The smallest absolute Gasteiger partial charge is 0.168 e. The highest BCUT2D eigenvalue weighted by Gasteiger charge is 2.16. The highest BCUT2D eigenvalue weighted by atomic mass is 19.1. The Balaban J connectivity index is 3.07. The van der Waals surface area contributed by atoms with Crippen LogP contribution < -0.4 is 5.73 Å². The van der Waals surface area contributed by atoms with Crippen LogP contribution in [0.3, 0.4) is 0 Å². The first-order chi connectivity index (χ1) is 6.56. The first-order valence-electron chi connectivity index (χ1n) is 4.12. The summed E-state index contributed by atoms with van der Waals surface area (Å²) in [5.74, 6) is -2.66. The maximum atomic E-state index is 12.8. The summed E-state index contributed by atoms with van der Waals surface area (Å²) in [7, 11) is 0. The molecule has 0 bridgehead atoms. The van der Waals surface area contributed by atoms with E-state index in [1.807, 2.05) is 0 Å². The fourth-order valence-electron chi connectivity index (χ4n) is 1.15. The Hall–Kier alpha value is -1.20. The molecular weight excluding hydrogens is 192 g/mol. The number of hydrogen-bond acceptors (Lipinski definition) is 3. The predicted octanol–water partition coefficient (Wildman–Crippen LogP) is 1.05. The van der Waals surface area contributed by atoms with E-state index in [-0.39, 0.29) is 18.5 Å². The van der Waals surface area contributed by atoms with Gasteiger partial charge in [-0.3, -0.25) is 0 Å². The van der Waals surface area contributed by atoms with Crippen LogP contribution in [0, 0.1) is 11.6 Å². The normalized spacial score (nSPS) is 12.9. The van der Waals surface area contributed by atoms with Crippen LogP contribution in [0.4, 0.5) is 8.78 Å². The quantitative estimate of drug-likeness (QED) is 0.688. The van der Waals surface area contributed by atoms with Crippen LogP contribution in [0.15, 0.2) is 12.1 Å². The molecular formula is C9H11F2NO2. The molecule has 0 aliphatic carbocycles. The third-order valence-corrected chi connectivity index (χ3v) is 1.86. The third-order valence-electron chi connectivity index (χ3n) is 1.86. The molecule has 0 radical (unpaired) electrons. The SMILES string of the molecule is NCC[C@H](O)c1cc(F)cc(F)c1O. The molecule has 14 heavy (non-hydrogen) atoms. The second kappa shape index (κ2) is 4.34. The topological polar surface area (TPSA) is 66.5 Å². The summed E-state index contributed by atoms with van der Waals surface area (Å²) >= 11 is 0. The number of phenolic OH excluding ortho intramolecular Hbond substituents is 1. The molecule has 0 heterocycles. The van der Waals surface area contributed by atoms with E-state index in [4.69, 9.17) is 5.73 Å². The minimum absolute atomic E-state index is 0.135. The maximum absolute atomic E-state index is 12.8. The average Bonchev–Trinajstić information content (AvgIpc) is 2.11. The lowest BCUT2D eigenvalue weighted by Crippen LogP contribution is -2.07. The van der Waals surface area contributed by atoms with Gasteiger partial charge in [-0.15, -0.1) is 0 Å². The van der Waals surface area contributed by atoms with Crippen LogP contribution >= 0.6 is 0 Å². The number of aliphatic hydroxyl groups is 1. The van der Waals surface area contributed by atoms with Crippen LogP contribution in [-0.4, -0.2) is 16.8 Å². The molecule has 1 rings (SSSR count). The highest BCUT2D eigenvalue weighted by molar-refractivity contribution is 5.35. The molecule has 1 atom stereocenters. The van der Waals surface area contributed by atoms with Crippen LogP contribution in [0.1, 0.15) is 18.1 Å². The Bertz CT molecular complexity index is 331. The molecule has 78 valence electrons. The van der Waals surface area contributed by atoms with E-state index in [1.54, 1.807) is 0 Å². The molecule has 4 N–H and O–H groups in total. The monoisotopic (exact) mass is 203 g/mol. The van der Waals surface area contributed by atoms with Gasteiger partial charge in [-0.05, 0) is 19.0 Å². The molecule has 5 heteroatoms. The van der Waals surface area contributed by atoms with Crippen molar-refractivity contribution < 1.29 is 19.0 Å². The van der Waals surface area contributed by atoms with E-state index >= 15 is 0 Å². The number of aromatic hydroxyl groups is 1. The summed E-state index contributed by atoms with van der Waals surface area (Å²) in [4.78, 5) is 0. The largest absolute Gasteiger partial charge is 0.505 e. The standard InChI is InChI=1S/C9H11F2NO2/c10-5-3-6(8(13)1-2-12)9(14)7(11)4-5/h3-4,8,13-14H,1-2,12H2/t8-/m0/s1. The Morgan fingerprint density at radius 3 is 2.57 bits per heavy atom. The fourth-order valence-corrected chi connectivity index (χ4v) is 1.15. The van der Waals surface area contributed by atoms with Gasteiger partial charge in [0.2, 0.25) is 0 Å². The van der Waals surface area contributed by atoms with Gasteiger partial charge < -0.3 is 15.9 Å². The first kappa shape index (κ1) is 10.9. The van der Waals surface area contributed by atoms with E-state index in [9.17, 15) is 19.0 Å².